The van der Waals surface area contributed by atoms with E-state index in [1.165, 1.54) is 12.3 Å². The molecule has 0 radical (unpaired) electrons. The second-order valence-electron chi connectivity index (χ2n) is 4.46. The Bertz CT molecular complexity index is 805. The van der Waals surface area contributed by atoms with Crippen LogP contribution in [-0.4, -0.2) is 30.7 Å². The van der Waals surface area contributed by atoms with Crippen LogP contribution in [0.25, 0.3) is 0 Å². The summed E-state index contributed by atoms with van der Waals surface area (Å²) < 4.78 is 29.3. The lowest BCUT2D eigenvalue weighted by Crippen LogP contribution is -2.07. The third-order valence-electron chi connectivity index (χ3n) is 2.81. The van der Waals surface area contributed by atoms with Crippen LogP contribution in [0, 0.1) is 0 Å². The maximum atomic E-state index is 11.9. The van der Waals surface area contributed by atoms with Crippen molar-refractivity contribution < 1.29 is 23.1 Å². The molecule has 116 valence electrons. The number of carboxylic acid groups (broad SMARTS) is 1. The number of hydrogen-bond donors (Lipinski definition) is 1. The van der Waals surface area contributed by atoms with Gasteiger partial charge in [-0.1, -0.05) is 0 Å². The zero-order valence-corrected chi connectivity index (χ0v) is 13.1. The Labute approximate surface area is 132 Å². The zero-order chi connectivity index (χ0) is 16.3. The van der Waals surface area contributed by atoms with Crippen LogP contribution in [0.3, 0.4) is 0 Å². The summed E-state index contributed by atoms with van der Waals surface area (Å²) in [5, 5.41) is 9.16. The summed E-state index contributed by atoms with van der Waals surface area (Å²) >= 11 is 5.74. The minimum absolute atomic E-state index is 0.0103. The van der Waals surface area contributed by atoms with Gasteiger partial charge in [0.15, 0.2) is 9.84 Å². The fraction of sp³-hybridized carbons (Fsp3) is 0.143. The monoisotopic (exact) mass is 341 g/mol. The largest absolute Gasteiger partial charge is 0.478 e. The van der Waals surface area contributed by atoms with Crippen molar-refractivity contribution in [1.29, 1.82) is 0 Å². The number of halogens is 1. The van der Waals surface area contributed by atoms with Crippen LogP contribution in [0.15, 0.2) is 41.6 Å². The Morgan fingerprint density at radius 1 is 1.41 bits per heavy atom. The number of sulfone groups is 1. The lowest BCUT2D eigenvalue weighted by atomic mass is 10.1. The highest BCUT2D eigenvalue weighted by molar-refractivity contribution is 7.90. The van der Waals surface area contributed by atoms with Crippen molar-refractivity contribution in [1.82, 2.24) is 4.98 Å². The highest BCUT2D eigenvalue weighted by Crippen LogP contribution is 2.32. The molecule has 0 atom stereocenters. The molecule has 0 aliphatic rings. The third kappa shape index (κ3) is 3.55. The number of aromatic carboxylic acids is 1. The quantitative estimate of drug-likeness (QED) is 0.840. The van der Waals surface area contributed by atoms with Gasteiger partial charge in [-0.15, -0.1) is 11.6 Å². The Balaban J connectivity index is 2.63. The number of hydrogen-bond acceptors (Lipinski definition) is 5. The van der Waals surface area contributed by atoms with E-state index in [1.807, 2.05) is 0 Å². The van der Waals surface area contributed by atoms with Gasteiger partial charge in [-0.25, -0.2) is 13.2 Å². The Hall–Kier alpha value is -2.12. The summed E-state index contributed by atoms with van der Waals surface area (Å²) in [6.45, 7) is 0. The van der Waals surface area contributed by atoms with Crippen molar-refractivity contribution in [2.45, 2.75) is 10.8 Å². The van der Waals surface area contributed by atoms with Crippen LogP contribution < -0.4 is 4.74 Å². The van der Waals surface area contributed by atoms with Crippen LogP contribution >= 0.6 is 11.6 Å². The molecule has 0 amide bonds. The number of nitrogens with zero attached hydrogens (tertiary/aromatic N) is 1. The van der Waals surface area contributed by atoms with E-state index in [1.54, 1.807) is 18.3 Å². The van der Waals surface area contributed by atoms with Crippen LogP contribution in [0.4, 0.5) is 0 Å². The van der Waals surface area contributed by atoms with Gasteiger partial charge in [-0.05, 0) is 29.8 Å². The van der Waals surface area contributed by atoms with Gasteiger partial charge in [0.05, 0.1) is 11.8 Å². The molecule has 2 rings (SSSR count). The lowest BCUT2D eigenvalue weighted by molar-refractivity contribution is 0.0695. The SMILES string of the molecule is CS(=O)(=O)c1cc(C(=O)O)c(CCl)cc1Oc1cccnc1. The molecule has 0 aliphatic heterocycles. The van der Waals surface area contributed by atoms with Gasteiger partial charge < -0.3 is 9.84 Å². The summed E-state index contributed by atoms with van der Waals surface area (Å²) in [6, 6.07) is 5.61. The first-order chi connectivity index (χ1) is 10.3. The molecule has 22 heavy (non-hydrogen) atoms. The van der Waals surface area contributed by atoms with Crippen molar-refractivity contribution in [3.05, 3.63) is 47.8 Å². The Morgan fingerprint density at radius 3 is 2.64 bits per heavy atom. The van der Waals surface area contributed by atoms with Crippen LogP contribution in [0.1, 0.15) is 15.9 Å². The van der Waals surface area contributed by atoms with Crippen molar-refractivity contribution in [3.63, 3.8) is 0 Å². The van der Waals surface area contributed by atoms with Crippen molar-refractivity contribution in [2.75, 3.05) is 6.26 Å². The molecule has 1 N–H and O–H groups in total. The van der Waals surface area contributed by atoms with E-state index in [4.69, 9.17) is 21.4 Å². The van der Waals surface area contributed by atoms with E-state index < -0.39 is 15.8 Å². The first-order valence-electron chi connectivity index (χ1n) is 6.07. The average molecular weight is 342 g/mol. The zero-order valence-electron chi connectivity index (χ0n) is 11.5. The molecule has 0 fully saturated rings. The molecule has 1 aromatic carbocycles. The summed E-state index contributed by atoms with van der Waals surface area (Å²) in [6.07, 6.45) is 3.93. The standard InChI is InChI=1S/C14H12ClNO5S/c1-22(19,20)13-6-11(14(17)18)9(7-15)5-12(13)21-10-3-2-4-16-8-10/h2-6,8H,7H2,1H3,(H,17,18). The number of aromatic nitrogens is 1. The second-order valence-corrected chi connectivity index (χ2v) is 6.71. The molecule has 0 saturated heterocycles. The predicted molar refractivity (Wildman–Crippen MR) is 80.4 cm³/mol. The number of rotatable bonds is 5. The molecule has 1 heterocycles. The van der Waals surface area contributed by atoms with Gasteiger partial charge in [-0.2, -0.15) is 0 Å². The smallest absolute Gasteiger partial charge is 0.336 e. The van der Waals surface area contributed by atoms with Crippen LogP contribution in [0.5, 0.6) is 11.5 Å². The molecule has 6 nitrogen and oxygen atoms in total. The number of alkyl halides is 1. The molecule has 1 aromatic heterocycles. The first kappa shape index (κ1) is 16.3. The molecule has 0 unspecified atom stereocenters. The minimum Gasteiger partial charge on any atom is -0.478 e. The Morgan fingerprint density at radius 2 is 2.14 bits per heavy atom. The fourth-order valence-corrected chi connectivity index (χ4v) is 2.83. The molecular formula is C14H12ClNO5S. The normalized spacial score (nSPS) is 11.2. The average Bonchev–Trinajstić information content (AvgIpc) is 2.46. The molecule has 8 heteroatoms. The maximum absolute atomic E-state index is 11.9. The summed E-state index contributed by atoms with van der Waals surface area (Å²) in [5.74, 6) is -1.00. The predicted octanol–water partition coefficient (Wildman–Crippen LogP) is 2.71. The summed E-state index contributed by atoms with van der Waals surface area (Å²) in [7, 11) is -3.69. The van der Waals surface area contributed by atoms with Crippen molar-refractivity contribution in [2.24, 2.45) is 0 Å². The first-order valence-corrected chi connectivity index (χ1v) is 8.49. The molecule has 0 aliphatic carbocycles. The molecule has 0 bridgehead atoms. The minimum atomic E-state index is -3.69. The van der Waals surface area contributed by atoms with Crippen LogP contribution in [-0.2, 0) is 15.7 Å². The van der Waals surface area contributed by atoms with Crippen molar-refractivity contribution >= 4 is 27.4 Å². The lowest BCUT2D eigenvalue weighted by Gasteiger charge is -2.13. The Kier molecular flexibility index (Phi) is 4.68. The van der Waals surface area contributed by atoms with Gasteiger partial charge in [0, 0.05) is 18.3 Å². The highest BCUT2D eigenvalue weighted by Gasteiger charge is 2.21. The number of carboxylic acids is 1. The van der Waals surface area contributed by atoms with E-state index in [0.29, 0.717) is 5.75 Å². The maximum Gasteiger partial charge on any atom is 0.336 e. The molecule has 0 saturated carbocycles. The van der Waals surface area contributed by atoms with E-state index >= 15 is 0 Å². The molecule has 0 spiro atoms. The summed E-state index contributed by atoms with van der Waals surface area (Å²) in [4.78, 5) is 14.9. The van der Waals surface area contributed by atoms with Crippen LogP contribution in [0.2, 0.25) is 0 Å². The van der Waals surface area contributed by atoms with E-state index in [-0.39, 0.29) is 27.7 Å². The summed E-state index contributed by atoms with van der Waals surface area (Å²) in [5.41, 5.74) is 0.0921. The van der Waals surface area contributed by atoms with Gasteiger partial charge in [0.2, 0.25) is 0 Å². The van der Waals surface area contributed by atoms with Gasteiger partial charge >= 0.3 is 5.97 Å². The second kappa shape index (κ2) is 6.33. The van der Waals surface area contributed by atoms with Gasteiger partial charge in [0.1, 0.15) is 16.4 Å². The molecule has 2 aromatic rings. The van der Waals surface area contributed by atoms with Gasteiger partial charge in [-0.3, -0.25) is 4.98 Å². The number of benzene rings is 1. The van der Waals surface area contributed by atoms with E-state index in [9.17, 15) is 13.2 Å². The number of pyridine rings is 1. The number of carbonyl (C=O) groups is 1. The fourth-order valence-electron chi connectivity index (χ4n) is 1.82. The highest BCUT2D eigenvalue weighted by atomic mass is 35.5. The molecular weight excluding hydrogens is 330 g/mol. The van der Waals surface area contributed by atoms with E-state index in [0.717, 1.165) is 12.3 Å². The van der Waals surface area contributed by atoms with Crippen molar-refractivity contribution in [3.8, 4) is 11.5 Å². The topological polar surface area (TPSA) is 93.6 Å². The third-order valence-corrected chi connectivity index (χ3v) is 4.21. The van der Waals surface area contributed by atoms with Gasteiger partial charge in [0.25, 0.3) is 0 Å². The number of ether oxygens (including phenoxy) is 1. The van der Waals surface area contributed by atoms with E-state index in [2.05, 4.69) is 4.98 Å².